The largest absolute Gasteiger partial charge is 0.454 e. The van der Waals surface area contributed by atoms with Crippen LogP contribution in [-0.4, -0.2) is 64.3 Å². The zero-order chi connectivity index (χ0) is 43.1. The molecule has 4 aromatic carbocycles. The number of amides is 2. The number of para-hydroxylation sites is 3. The van der Waals surface area contributed by atoms with E-state index in [0.717, 1.165) is 24.1 Å². The minimum absolute atomic E-state index is 0.112. The molecule has 11 nitrogen and oxygen atoms in total. The molecule has 1 saturated heterocycles. The van der Waals surface area contributed by atoms with Crippen molar-refractivity contribution in [3.8, 4) is 11.5 Å². The first-order chi connectivity index (χ1) is 29.3. The van der Waals surface area contributed by atoms with E-state index in [1.807, 2.05) is 116 Å². The Labute approximate surface area is 359 Å². The third-order valence-electron chi connectivity index (χ3n) is 12.5. The lowest BCUT2D eigenvalue weighted by Crippen LogP contribution is -2.46. The summed E-state index contributed by atoms with van der Waals surface area (Å²) in [5.41, 5.74) is 5.25. The summed E-state index contributed by atoms with van der Waals surface area (Å²) in [4.78, 5) is 45.5. The van der Waals surface area contributed by atoms with Gasteiger partial charge in [0, 0.05) is 42.0 Å². The molecule has 0 aliphatic carbocycles. The van der Waals surface area contributed by atoms with Gasteiger partial charge in [-0.25, -0.2) is 0 Å². The lowest BCUT2D eigenvalue weighted by Gasteiger charge is -2.32. The molecule has 2 amide bonds. The Hall–Kier alpha value is -5.66. The van der Waals surface area contributed by atoms with Crippen LogP contribution in [0.25, 0.3) is 0 Å². The number of hydrogen-bond donors (Lipinski definition) is 2. The summed E-state index contributed by atoms with van der Waals surface area (Å²) in [6.07, 6.45) is 7.95. The third kappa shape index (κ3) is 7.89. The maximum absolute atomic E-state index is 15.4. The molecule has 1 aromatic heterocycles. The zero-order valence-electron chi connectivity index (χ0n) is 35.8. The number of ether oxygens (including phenoxy) is 2. The second-order valence-corrected chi connectivity index (χ2v) is 21.4. The number of hydrogen-bond acceptors (Lipinski definition) is 8. The van der Waals surface area contributed by atoms with E-state index < -0.39 is 25.9 Å². The molecule has 8 rings (SSSR count). The second kappa shape index (κ2) is 17.0. The quantitative estimate of drug-likeness (QED) is 0.0887. The van der Waals surface area contributed by atoms with Gasteiger partial charge in [-0.3, -0.25) is 19.2 Å². The van der Waals surface area contributed by atoms with Crippen molar-refractivity contribution in [2.45, 2.75) is 89.8 Å². The summed E-state index contributed by atoms with van der Waals surface area (Å²) in [5.74, 6) is -0.177. The van der Waals surface area contributed by atoms with Gasteiger partial charge in [0.1, 0.15) is 5.75 Å². The molecule has 316 valence electrons. The summed E-state index contributed by atoms with van der Waals surface area (Å²) in [6, 6.07) is 30.2. The molecule has 12 heteroatoms. The summed E-state index contributed by atoms with van der Waals surface area (Å²) >= 11 is 0. The molecule has 3 aliphatic heterocycles. The molecule has 0 saturated carbocycles. The summed E-state index contributed by atoms with van der Waals surface area (Å²) in [6.45, 7) is 12.8. The first-order valence-electron chi connectivity index (χ1n) is 21.2. The SMILES string of the molecule is CC(C)=CCC/C(C)=C/CN1C(=O)[C@@]2(O[C@@H](CCn3cc(C(CO)c4ccccc4)nn3)[C@H]([Si](C)(C)O)[C@H]2C)c2cc(N3C(=O)c4ccccc4Oc4ccccc43)ccc21. The van der Waals surface area contributed by atoms with E-state index in [4.69, 9.17) is 9.47 Å². The highest BCUT2D eigenvalue weighted by molar-refractivity contribution is 6.71. The number of fused-ring (bicyclic) bond motifs is 4. The highest BCUT2D eigenvalue weighted by atomic mass is 28.4. The number of aromatic nitrogens is 3. The predicted octanol–water partition coefficient (Wildman–Crippen LogP) is 9.41. The second-order valence-electron chi connectivity index (χ2n) is 17.4. The van der Waals surface area contributed by atoms with Crippen LogP contribution in [0.3, 0.4) is 0 Å². The van der Waals surface area contributed by atoms with Gasteiger partial charge in [0.05, 0.1) is 41.3 Å². The molecular formula is C49H55N5O6Si. The van der Waals surface area contributed by atoms with Crippen LogP contribution in [-0.2, 0) is 21.7 Å². The smallest absolute Gasteiger partial charge is 0.266 e. The number of nitrogens with zero attached hydrogens (tertiary/aromatic N) is 5. The summed E-state index contributed by atoms with van der Waals surface area (Å²) in [7, 11) is -3.00. The van der Waals surface area contributed by atoms with Crippen molar-refractivity contribution in [1.82, 2.24) is 15.0 Å². The van der Waals surface area contributed by atoms with Crippen LogP contribution in [0.2, 0.25) is 18.6 Å². The van der Waals surface area contributed by atoms with Gasteiger partial charge < -0.3 is 24.3 Å². The fourth-order valence-corrected chi connectivity index (χ4v) is 12.2. The number of aryl methyl sites for hydroxylation is 1. The van der Waals surface area contributed by atoms with Crippen molar-refractivity contribution in [1.29, 1.82) is 0 Å². The van der Waals surface area contributed by atoms with E-state index in [2.05, 4.69) is 43.2 Å². The maximum Gasteiger partial charge on any atom is 0.266 e. The standard InChI is InChI=1S/C49H55N5O6Si/c1-32(2)15-14-16-33(3)25-28-53-41-24-23-36(54-42-20-11-13-22-44(42)59-43-21-12-10-19-37(43)47(54)56)29-39(41)49(48(53)57)34(4)46(61(5,6)58)45(60-49)26-27-52-30-40(50-51-52)38(31-55)35-17-8-7-9-18-35/h7-13,15,17-25,29-30,34,38,45-46,55,58H,14,16,26-28,31H2,1-6H3/b33-25+/t34-,38?,45+,46-,49+/m1/s1. The van der Waals surface area contributed by atoms with Gasteiger partial charge in [-0.05, 0) is 101 Å². The van der Waals surface area contributed by atoms with E-state index in [1.54, 1.807) is 21.7 Å². The Balaban J connectivity index is 1.18. The number of allylic oxidation sites excluding steroid dienone is 3. The normalized spacial score (nSPS) is 21.5. The van der Waals surface area contributed by atoms with Crippen LogP contribution in [0.15, 0.2) is 127 Å². The van der Waals surface area contributed by atoms with Gasteiger partial charge in [0.15, 0.2) is 19.7 Å². The van der Waals surface area contributed by atoms with Crippen molar-refractivity contribution in [2.24, 2.45) is 5.92 Å². The van der Waals surface area contributed by atoms with Gasteiger partial charge in [-0.2, -0.15) is 0 Å². The molecule has 61 heavy (non-hydrogen) atoms. The van der Waals surface area contributed by atoms with E-state index >= 15 is 4.79 Å². The molecule has 5 aromatic rings. The lowest BCUT2D eigenvalue weighted by atomic mass is 9.82. The van der Waals surface area contributed by atoms with Crippen molar-refractivity contribution >= 4 is 37.2 Å². The van der Waals surface area contributed by atoms with E-state index in [0.29, 0.717) is 59.2 Å². The summed E-state index contributed by atoms with van der Waals surface area (Å²) < 4.78 is 15.3. The van der Waals surface area contributed by atoms with Crippen LogP contribution in [0.5, 0.6) is 11.5 Å². The predicted molar refractivity (Wildman–Crippen MR) is 240 cm³/mol. The average Bonchev–Trinajstić information content (AvgIpc) is 3.87. The zero-order valence-corrected chi connectivity index (χ0v) is 36.8. The lowest BCUT2D eigenvalue weighted by molar-refractivity contribution is -0.145. The third-order valence-corrected chi connectivity index (χ3v) is 15.0. The number of rotatable bonds is 13. The van der Waals surface area contributed by atoms with E-state index in [9.17, 15) is 14.7 Å². The number of carbonyl (C=O) groups is 2. The van der Waals surface area contributed by atoms with Crippen LogP contribution in [0.1, 0.15) is 80.1 Å². The van der Waals surface area contributed by atoms with Crippen molar-refractivity contribution < 1.29 is 29.0 Å². The number of aliphatic hydroxyl groups is 1. The number of aliphatic hydroxyl groups excluding tert-OH is 1. The molecule has 1 fully saturated rings. The molecule has 1 unspecified atom stereocenters. The van der Waals surface area contributed by atoms with Crippen molar-refractivity contribution in [3.05, 3.63) is 149 Å². The van der Waals surface area contributed by atoms with Gasteiger partial charge in [0.2, 0.25) is 0 Å². The molecule has 0 radical (unpaired) electrons. The minimum Gasteiger partial charge on any atom is -0.454 e. The number of benzene rings is 4. The Bertz CT molecular complexity index is 2490. The summed E-state index contributed by atoms with van der Waals surface area (Å²) in [5, 5.41) is 19.2. The van der Waals surface area contributed by atoms with Crippen LogP contribution in [0, 0.1) is 5.92 Å². The Kier molecular flexibility index (Phi) is 11.7. The molecule has 1 spiro atoms. The van der Waals surface area contributed by atoms with Crippen LogP contribution < -0.4 is 14.5 Å². The van der Waals surface area contributed by atoms with Gasteiger partial charge in [-0.1, -0.05) is 90.0 Å². The number of anilines is 3. The maximum atomic E-state index is 15.4. The Morgan fingerprint density at radius 3 is 2.38 bits per heavy atom. The first kappa shape index (κ1) is 42.0. The van der Waals surface area contributed by atoms with Gasteiger partial charge >= 0.3 is 0 Å². The fourth-order valence-electron chi connectivity index (χ4n) is 9.56. The molecule has 5 atom stereocenters. The topological polar surface area (TPSA) is 130 Å². The van der Waals surface area contributed by atoms with Gasteiger partial charge in [-0.15, -0.1) is 5.10 Å². The van der Waals surface area contributed by atoms with E-state index in [-0.39, 0.29) is 29.9 Å². The molecule has 4 heterocycles. The van der Waals surface area contributed by atoms with Crippen molar-refractivity contribution in [3.63, 3.8) is 0 Å². The molecule has 2 N–H and O–H groups in total. The van der Waals surface area contributed by atoms with E-state index in [1.165, 1.54) is 11.1 Å². The monoisotopic (exact) mass is 837 g/mol. The highest BCUT2D eigenvalue weighted by Crippen LogP contribution is 2.60. The Morgan fingerprint density at radius 1 is 0.918 bits per heavy atom. The minimum atomic E-state index is -3.00. The van der Waals surface area contributed by atoms with Crippen molar-refractivity contribution in [2.75, 3.05) is 23.0 Å². The fraction of sp³-hybridized carbons (Fsp3) is 0.347. The van der Waals surface area contributed by atoms with Crippen LogP contribution >= 0.6 is 0 Å². The van der Waals surface area contributed by atoms with Gasteiger partial charge in [0.25, 0.3) is 11.8 Å². The Morgan fingerprint density at radius 2 is 1.64 bits per heavy atom. The highest BCUT2D eigenvalue weighted by Gasteiger charge is 2.66. The molecule has 0 bridgehead atoms. The number of carbonyl (C=O) groups excluding carboxylic acids is 2. The molecule has 3 aliphatic rings. The average molecular weight is 838 g/mol. The first-order valence-corrected chi connectivity index (χ1v) is 24.3. The van der Waals surface area contributed by atoms with Crippen LogP contribution in [0.4, 0.5) is 17.1 Å². The molecular weight excluding hydrogens is 783 g/mol.